The lowest BCUT2D eigenvalue weighted by atomic mass is 9.86. The number of halogens is 2. The Labute approximate surface area is 213 Å². The molecule has 0 radical (unpaired) electrons. The smallest absolute Gasteiger partial charge is 0.245 e. The van der Waals surface area contributed by atoms with Crippen molar-refractivity contribution in [2.24, 2.45) is 10.9 Å². The molecule has 0 aliphatic carbocycles. The molecule has 1 saturated heterocycles. The summed E-state index contributed by atoms with van der Waals surface area (Å²) in [5.41, 5.74) is 8.26. The van der Waals surface area contributed by atoms with Crippen LogP contribution < -0.4 is 10.5 Å². The van der Waals surface area contributed by atoms with Gasteiger partial charge in [0.2, 0.25) is 5.91 Å². The lowest BCUT2D eigenvalue weighted by Crippen LogP contribution is -2.27. The van der Waals surface area contributed by atoms with E-state index in [1.165, 1.54) is 36.7 Å². The quantitative estimate of drug-likeness (QED) is 0.484. The summed E-state index contributed by atoms with van der Waals surface area (Å²) in [6, 6.07) is 10.1. The number of fused-ring (bicyclic) bond motifs is 1. The van der Waals surface area contributed by atoms with Crippen LogP contribution in [0.3, 0.4) is 0 Å². The van der Waals surface area contributed by atoms with E-state index < -0.39 is 11.6 Å². The molecule has 2 N–H and O–H groups in total. The highest BCUT2D eigenvalue weighted by molar-refractivity contribution is 6.16. The minimum absolute atomic E-state index is 0.0454. The van der Waals surface area contributed by atoms with Gasteiger partial charge >= 0.3 is 0 Å². The predicted molar refractivity (Wildman–Crippen MR) is 137 cm³/mol. The zero-order valence-corrected chi connectivity index (χ0v) is 20.2. The molecule has 37 heavy (non-hydrogen) atoms. The van der Waals surface area contributed by atoms with Crippen LogP contribution in [0.5, 0.6) is 11.5 Å². The van der Waals surface area contributed by atoms with E-state index in [0.29, 0.717) is 36.8 Å². The monoisotopic (exact) mass is 503 g/mol. The van der Waals surface area contributed by atoms with Crippen LogP contribution in [0.2, 0.25) is 0 Å². The topological polar surface area (TPSA) is 93.7 Å². The number of carbonyl (C=O) groups is 1. The molecule has 2 atom stereocenters. The molecule has 1 amide bonds. The Hall–Kier alpha value is -4.14. The molecule has 1 fully saturated rings. The van der Waals surface area contributed by atoms with Crippen molar-refractivity contribution in [1.82, 2.24) is 14.9 Å². The van der Waals surface area contributed by atoms with Gasteiger partial charge in [0.05, 0.1) is 17.0 Å². The van der Waals surface area contributed by atoms with Gasteiger partial charge in [-0.2, -0.15) is 0 Å². The number of nitrogens with zero attached hydrogens (tertiary/aromatic N) is 4. The first kappa shape index (κ1) is 24.5. The van der Waals surface area contributed by atoms with Gasteiger partial charge in [-0.1, -0.05) is 12.6 Å². The van der Waals surface area contributed by atoms with E-state index in [9.17, 15) is 9.18 Å². The molecule has 7 nitrogen and oxygen atoms in total. The summed E-state index contributed by atoms with van der Waals surface area (Å²) in [5, 5.41) is 0. The zero-order valence-electron chi connectivity index (χ0n) is 20.2. The van der Waals surface area contributed by atoms with E-state index >= 15 is 4.39 Å². The third-order valence-electron chi connectivity index (χ3n) is 6.89. The lowest BCUT2D eigenvalue weighted by molar-refractivity contribution is -0.125. The first-order valence-electron chi connectivity index (χ1n) is 12.2. The van der Waals surface area contributed by atoms with Gasteiger partial charge < -0.3 is 15.4 Å². The molecule has 0 bridgehead atoms. The maximum absolute atomic E-state index is 15.4. The Morgan fingerprint density at radius 1 is 1.16 bits per heavy atom. The summed E-state index contributed by atoms with van der Waals surface area (Å²) >= 11 is 0. The van der Waals surface area contributed by atoms with Crippen LogP contribution in [0.1, 0.15) is 42.0 Å². The number of likely N-dealkylation sites (tertiary alicyclic amines) is 1. The van der Waals surface area contributed by atoms with E-state index in [-0.39, 0.29) is 34.7 Å². The minimum Gasteiger partial charge on any atom is -0.457 e. The molecule has 3 aromatic rings. The van der Waals surface area contributed by atoms with Gasteiger partial charge in [0.25, 0.3) is 0 Å². The van der Waals surface area contributed by atoms with Crippen LogP contribution in [0.15, 0.2) is 66.4 Å². The number of anilines is 1. The van der Waals surface area contributed by atoms with Crippen molar-refractivity contribution in [3.63, 3.8) is 0 Å². The van der Waals surface area contributed by atoms with Crippen molar-refractivity contribution >= 4 is 17.4 Å². The average molecular weight is 504 g/mol. The molecule has 3 heterocycles. The second kappa shape index (κ2) is 10.5. The Morgan fingerprint density at radius 2 is 2.00 bits per heavy atom. The van der Waals surface area contributed by atoms with Crippen molar-refractivity contribution in [1.29, 1.82) is 0 Å². The number of aromatic nitrogens is 2. The van der Waals surface area contributed by atoms with Crippen molar-refractivity contribution in [2.45, 2.75) is 25.2 Å². The molecule has 1 aromatic heterocycles. The number of hydrogen-bond acceptors (Lipinski definition) is 6. The predicted octanol–water partition coefficient (Wildman–Crippen LogP) is 4.88. The Balaban J connectivity index is 1.41. The van der Waals surface area contributed by atoms with Crippen LogP contribution in [0.25, 0.3) is 0 Å². The molecule has 2 aliphatic heterocycles. The van der Waals surface area contributed by atoms with E-state index in [1.54, 1.807) is 18.2 Å². The Bertz CT molecular complexity index is 1380. The first-order chi connectivity index (χ1) is 17.9. The Morgan fingerprint density at radius 3 is 2.78 bits per heavy atom. The zero-order chi connectivity index (χ0) is 25.9. The number of nitrogens with two attached hydrogens (primary N) is 1. The normalized spacial score (nSPS) is 19.1. The lowest BCUT2D eigenvalue weighted by Gasteiger charge is -2.21. The number of aliphatic imine (C=N–C) groups is 1. The molecule has 0 spiro atoms. The summed E-state index contributed by atoms with van der Waals surface area (Å²) in [4.78, 5) is 27.3. The van der Waals surface area contributed by atoms with Crippen LogP contribution in [0.4, 0.5) is 14.6 Å². The van der Waals surface area contributed by atoms with Gasteiger partial charge in [0.15, 0.2) is 0 Å². The summed E-state index contributed by atoms with van der Waals surface area (Å²) in [6.45, 7) is 5.43. The van der Waals surface area contributed by atoms with E-state index in [1.807, 2.05) is 4.90 Å². The first-order valence-corrected chi connectivity index (χ1v) is 12.2. The van der Waals surface area contributed by atoms with Crippen molar-refractivity contribution in [2.75, 3.05) is 25.4 Å². The maximum Gasteiger partial charge on any atom is 0.245 e. The van der Waals surface area contributed by atoms with E-state index in [4.69, 9.17) is 15.5 Å². The second-order valence-corrected chi connectivity index (χ2v) is 9.31. The average Bonchev–Trinajstić information content (AvgIpc) is 3.27. The highest BCUT2D eigenvalue weighted by Gasteiger charge is 2.32. The molecule has 5 rings (SSSR count). The molecule has 2 aromatic carbocycles. The molecular weight excluding hydrogens is 476 g/mol. The molecule has 2 unspecified atom stereocenters. The van der Waals surface area contributed by atoms with Crippen molar-refractivity contribution in [3.8, 4) is 11.5 Å². The molecule has 9 heteroatoms. The molecule has 190 valence electrons. The van der Waals surface area contributed by atoms with Crippen LogP contribution in [-0.2, 0) is 4.79 Å². The Kier molecular flexibility index (Phi) is 6.94. The molecule has 0 saturated carbocycles. The number of amides is 1. The highest BCUT2D eigenvalue weighted by Crippen LogP contribution is 2.37. The fourth-order valence-electron chi connectivity index (χ4n) is 5.14. The van der Waals surface area contributed by atoms with Gasteiger partial charge in [-0.25, -0.2) is 18.7 Å². The second-order valence-electron chi connectivity index (χ2n) is 9.31. The number of rotatable bonds is 6. The standard InChI is InChI=1S/C28H27F2N5O2/c1-2-24(36)35-11-9-17(15-35)12-18-8-10-32-27(25-26(18)33-16-34-28(25)31)22-7-6-21(14-23(22)30)37-20-5-3-4-19(29)13-20/h2-7,13-14,16-18H,1,8-12,15H2,(H2,31,33,34). The maximum atomic E-state index is 15.4. The third kappa shape index (κ3) is 5.21. The summed E-state index contributed by atoms with van der Waals surface area (Å²) in [6.07, 6.45) is 5.22. The number of ether oxygens (including phenoxy) is 1. The number of benzene rings is 2. The van der Waals surface area contributed by atoms with Gasteiger partial charge in [-0.3, -0.25) is 9.79 Å². The van der Waals surface area contributed by atoms with Gasteiger partial charge in [0, 0.05) is 43.2 Å². The van der Waals surface area contributed by atoms with Crippen LogP contribution in [-0.4, -0.2) is 46.1 Å². The fraction of sp³-hybridized carbons (Fsp3) is 0.286. The van der Waals surface area contributed by atoms with E-state index in [0.717, 1.165) is 25.0 Å². The SMILES string of the molecule is C=CC(=O)N1CCC(CC2CCN=C(c3ccc(Oc4cccc(F)c4)cc3F)c3c(N)ncnc32)C1. The minimum atomic E-state index is -0.547. The van der Waals surface area contributed by atoms with Gasteiger partial charge in [0.1, 0.15) is 35.3 Å². The number of carbonyl (C=O) groups excluding carboxylic acids is 1. The molecule has 2 aliphatic rings. The van der Waals surface area contributed by atoms with Crippen LogP contribution in [0, 0.1) is 17.6 Å². The van der Waals surface area contributed by atoms with Crippen molar-refractivity contribution < 1.29 is 18.3 Å². The summed E-state index contributed by atoms with van der Waals surface area (Å²) in [5.74, 6) is 0.0587. The van der Waals surface area contributed by atoms with Crippen molar-refractivity contribution in [3.05, 3.63) is 89.9 Å². The third-order valence-corrected chi connectivity index (χ3v) is 6.89. The van der Waals surface area contributed by atoms with Gasteiger partial charge in [-0.15, -0.1) is 0 Å². The number of nitrogen functional groups attached to an aromatic ring is 1. The highest BCUT2D eigenvalue weighted by atomic mass is 19.1. The van der Waals surface area contributed by atoms with E-state index in [2.05, 4.69) is 16.5 Å². The van der Waals surface area contributed by atoms with Gasteiger partial charge in [-0.05, 0) is 55.5 Å². The number of hydrogen-bond donors (Lipinski definition) is 1. The molecular formula is C28H27F2N5O2. The van der Waals surface area contributed by atoms with Crippen LogP contribution >= 0.6 is 0 Å². The largest absolute Gasteiger partial charge is 0.457 e. The summed E-state index contributed by atoms with van der Waals surface area (Å²) < 4.78 is 34.5. The summed E-state index contributed by atoms with van der Waals surface area (Å²) in [7, 11) is 0. The fourth-order valence-corrected chi connectivity index (χ4v) is 5.14.